The number of hydrogen-bond donors (Lipinski definition) is 2. The van der Waals surface area contributed by atoms with Crippen LogP contribution >= 0.6 is 0 Å². The van der Waals surface area contributed by atoms with Crippen LogP contribution < -0.4 is 10.6 Å². The third-order valence-electron chi connectivity index (χ3n) is 3.51. The van der Waals surface area contributed by atoms with Crippen LogP contribution in [0.5, 0.6) is 0 Å². The van der Waals surface area contributed by atoms with Gasteiger partial charge < -0.3 is 15.7 Å². The van der Waals surface area contributed by atoms with Crippen molar-refractivity contribution in [3.63, 3.8) is 0 Å². The van der Waals surface area contributed by atoms with Crippen LogP contribution in [0.4, 0.5) is 11.5 Å². The molecule has 0 aliphatic heterocycles. The number of aryl methyl sites for hydroxylation is 1. The fourth-order valence-electron chi connectivity index (χ4n) is 2.53. The molecule has 0 saturated heterocycles. The first-order chi connectivity index (χ1) is 8.22. The van der Waals surface area contributed by atoms with Gasteiger partial charge in [-0.2, -0.15) is 0 Å². The molecule has 4 heteroatoms. The van der Waals surface area contributed by atoms with E-state index in [0.29, 0.717) is 12.6 Å². The number of pyridine rings is 1. The zero-order valence-electron chi connectivity index (χ0n) is 10.4. The highest BCUT2D eigenvalue weighted by Crippen LogP contribution is 2.27. The molecule has 0 aromatic carbocycles. The number of nitrogens with zero attached hydrogens (tertiary/aromatic N) is 2. The summed E-state index contributed by atoms with van der Waals surface area (Å²) in [7, 11) is 0. The van der Waals surface area contributed by atoms with Gasteiger partial charge in [0.05, 0.1) is 18.0 Å². The lowest BCUT2D eigenvalue weighted by Gasteiger charge is -2.29. The predicted molar refractivity (Wildman–Crippen MR) is 70.1 cm³/mol. The Morgan fingerprint density at radius 2 is 2.12 bits per heavy atom. The minimum absolute atomic E-state index is 0.168. The fourth-order valence-corrected chi connectivity index (χ4v) is 2.53. The molecule has 1 fully saturated rings. The van der Waals surface area contributed by atoms with Crippen molar-refractivity contribution in [3.05, 3.63) is 17.8 Å². The highest BCUT2D eigenvalue weighted by Gasteiger charge is 2.23. The first-order valence-electron chi connectivity index (χ1n) is 6.33. The molecule has 17 heavy (non-hydrogen) atoms. The topological polar surface area (TPSA) is 62.4 Å². The van der Waals surface area contributed by atoms with Crippen LogP contribution in [0.1, 0.15) is 31.4 Å². The van der Waals surface area contributed by atoms with Crippen LogP contribution in [0, 0.1) is 6.92 Å². The van der Waals surface area contributed by atoms with Crippen LogP contribution in [0.15, 0.2) is 12.1 Å². The molecule has 0 unspecified atom stereocenters. The molecule has 1 heterocycles. The molecule has 1 aromatic heterocycles. The summed E-state index contributed by atoms with van der Waals surface area (Å²) in [6.45, 7) is 2.74. The Kier molecular flexibility index (Phi) is 3.84. The van der Waals surface area contributed by atoms with Crippen LogP contribution in [0.25, 0.3) is 0 Å². The maximum atomic E-state index is 9.19. The van der Waals surface area contributed by atoms with E-state index in [0.717, 1.165) is 17.2 Å². The van der Waals surface area contributed by atoms with Gasteiger partial charge in [0.25, 0.3) is 0 Å². The fraction of sp³-hybridized carbons (Fsp3) is 0.615. The van der Waals surface area contributed by atoms with Gasteiger partial charge in [0, 0.05) is 12.6 Å². The van der Waals surface area contributed by atoms with Crippen LogP contribution in [-0.2, 0) is 0 Å². The van der Waals surface area contributed by atoms with Crippen molar-refractivity contribution in [2.45, 2.75) is 38.6 Å². The maximum absolute atomic E-state index is 9.19. The highest BCUT2D eigenvalue weighted by molar-refractivity contribution is 5.51. The van der Waals surface area contributed by atoms with E-state index >= 15 is 0 Å². The largest absolute Gasteiger partial charge is 0.397 e. The number of nitrogen functional groups attached to an aromatic ring is 1. The lowest BCUT2D eigenvalue weighted by atomic mass is 10.2. The molecule has 2 rings (SSSR count). The number of aliphatic hydroxyl groups excluding tert-OH is 1. The van der Waals surface area contributed by atoms with Crippen molar-refractivity contribution in [3.8, 4) is 0 Å². The highest BCUT2D eigenvalue weighted by atomic mass is 16.3. The molecule has 4 nitrogen and oxygen atoms in total. The van der Waals surface area contributed by atoms with Gasteiger partial charge in [-0.15, -0.1) is 0 Å². The minimum Gasteiger partial charge on any atom is -0.397 e. The molecule has 0 amide bonds. The van der Waals surface area contributed by atoms with E-state index < -0.39 is 0 Å². The zero-order valence-corrected chi connectivity index (χ0v) is 10.4. The van der Waals surface area contributed by atoms with Gasteiger partial charge in [0.15, 0.2) is 0 Å². The summed E-state index contributed by atoms with van der Waals surface area (Å²) < 4.78 is 0. The van der Waals surface area contributed by atoms with E-state index in [1.807, 2.05) is 19.1 Å². The molecule has 1 saturated carbocycles. The molecule has 94 valence electrons. The molecule has 1 aliphatic carbocycles. The number of nitrogens with two attached hydrogens (primary N) is 1. The van der Waals surface area contributed by atoms with Crippen molar-refractivity contribution >= 4 is 11.5 Å². The standard InChI is InChI=1S/C13H21N3O/c1-10-12(14)6-7-13(15-10)16(8-9-17)11-4-2-3-5-11/h6-7,11,17H,2-5,8-9,14H2,1H3. The summed E-state index contributed by atoms with van der Waals surface area (Å²) in [5, 5.41) is 9.19. The smallest absolute Gasteiger partial charge is 0.129 e. The third-order valence-corrected chi connectivity index (χ3v) is 3.51. The number of aliphatic hydroxyl groups is 1. The maximum Gasteiger partial charge on any atom is 0.129 e. The SMILES string of the molecule is Cc1nc(N(CCO)C2CCCC2)ccc1N. The molecule has 0 radical (unpaired) electrons. The first-order valence-corrected chi connectivity index (χ1v) is 6.33. The van der Waals surface area contributed by atoms with Crippen LogP contribution in [-0.4, -0.2) is 29.3 Å². The van der Waals surface area contributed by atoms with Gasteiger partial charge in [-0.25, -0.2) is 4.98 Å². The summed E-state index contributed by atoms with van der Waals surface area (Å²) in [6.07, 6.45) is 4.96. The second-order valence-corrected chi connectivity index (χ2v) is 4.70. The average Bonchev–Trinajstić information content (AvgIpc) is 2.83. The third kappa shape index (κ3) is 2.69. The van der Waals surface area contributed by atoms with Gasteiger partial charge in [0.1, 0.15) is 5.82 Å². The lowest BCUT2D eigenvalue weighted by molar-refractivity contribution is 0.297. The van der Waals surface area contributed by atoms with E-state index in [1.165, 1.54) is 25.7 Å². The summed E-state index contributed by atoms with van der Waals surface area (Å²) in [5.41, 5.74) is 7.38. The Bertz CT molecular complexity index is 375. The van der Waals surface area contributed by atoms with Crippen molar-refractivity contribution in [1.29, 1.82) is 0 Å². The number of hydrogen-bond acceptors (Lipinski definition) is 4. The van der Waals surface area contributed by atoms with E-state index in [-0.39, 0.29) is 6.61 Å². The molecule has 1 aromatic rings. The zero-order chi connectivity index (χ0) is 12.3. The van der Waals surface area contributed by atoms with Gasteiger partial charge in [-0.3, -0.25) is 0 Å². The van der Waals surface area contributed by atoms with Gasteiger partial charge >= 0.3 is 0 Å². The predicted octanol–water partition coefficient (Wildman–Crippen LogP) is 1.71. The van der Waals surface area contributed by atoms with Crippen molar-refractivity contribution in [1.82, 2.24) is 4.98 Å². The average molecular weight is 235 g/mol. The second kappa shape index (κ2) is 5.36. The van der Waals surface area contributed by atoms with Gasteiger partial charge in [-0.1, -0.05) is 12.8 Å². The quantitative estimate of drug-likeness (QED) is 0.834. The summed E-state index contributed by atoms with van der Waals surface area (Å²) >= 11 is 0. The Morgan fingerprint density at radius 1 is 1.41 bits per heavy atom. The Balaban J connectivity index is 2.21. The number of anilines is 2. The molecule has 3 N–H and O–H groups in total. The molecular formula is C13H21N3O. The lowest BCUT2D eigenvalue weighted by Crippen LogP contribution is -2.36. The molecule has 1 aliphatic rings. The summed E-state index contributed by atoms with van der Waals surface area (Å²) in [5.74, 6) is 0.942. The molecule has 0 bridgehead atoms. The normalized spacial score (nSPS) is 16.4. The first kappa shape index (κ1) is 12.2. The molecule has 0 atom stereocenters. The Hall–Kier alpha value is -1.29. The monoisotopic (exact) mass is 235 g/mol. The van der Waals surface area contributed by atoms with Crippen molar-refractivity contribution in [2.24, 2.45) is 0 Å². The number of rotatable bonds is 4. The van der Waals surface area contributed by atoms with E-state index in [9.17, 15) is 5.11 Å². The van der Waals surface area contributed by atoms with Crippen LogP contribution in [0.3, 0.4) is 0 Å². The van der Waals surface area contributed by atoms with E-state index in [4.69, 9.17) is 5.73 Å². The Morgan fingerprint density at radius 3 is 2.71 bits per heavy atom. The van der Waals surface area contributed by atoms with E-state index in [1.54, 1.807) is 0 Å². The van der Waals surface area contributed by atoms with Gasteiger partial charge in [-0.05, 0) is 31.9 Å². The summed E-state index contributed by atoms with van der Waals surface area (Å²) in [6, 6.07) is 4.38. The number of aromatic nitrogens is 1. The molecular weight excluding hydrogens is 214 g/mol. The van der Waals surface area contributed by atoms with E-state index in [2.05, 4.69) is 9.88 Å². The second-order valence-electron chi connectivity index (χ2n) is 4.70. The van der Waals surface area contributed by atoms with Crippen molar-refractivity contribution in [2.75, 3.05) is 23.8 Å². The van der Waals surface area contributed by atoms with Crippen LogP contribution in [0.2, 0.25) is 0 Å². The molecule has 0 spiro atoms. The Labute approximate surface area is 102 Å². The minimum atomic E-state index is 0.168. The summed E-state index contributed by atoms with van der Waals surface area (Å²) in [4.78, 5) is 6.75. The van der Waals surface area contributed by atoms with Gasteiger partial charge in [0.2, 0.25) is 0 Å². The van der Waals surface area contributed by atoms with Crippen molar-refractivity contribution < 1.29 is 5.11 Å².